The SMILES string of the molecule is CC1CCCCC1NC(=O)C1CCCCN1C(=O)c1cccs1. The number of nitrogens with one attached hydrogen (secondary N) is 1. The van der Waals surface area contributed by atoms with Crippen molar-refractivity contribution in [3.63, 3.8) is 0 Å². The number of amides is 2. The van der Waals surface area contributed by atoms with Crippen LogP contribution in [0.15, 0.2) is 17.5 Å². The number of rotatable bonds is 3. The minimum Gasteiger partial charge on any atom is -0.351 e. The van der Waals surface area contributed by atoms with Gasteiger partial charge in [-0.05, 0) is 49.5 Å². The van der Waals surface area contributed by atoms with Gasteiger partial charge < -0.3 is 10.2 Å². The zero-order valence-corrected chi connectivity index (χ0v) is 14.6. The van der Waals surface area contributed by atoms with Crippen LogP contribution in [-0.4, -0.2) is 35.3 Å². The molecular formula is C18H26N2O2S. The maximum Gasteiger partial charge on any atom is 0.264 e. The van der Waals surface area contributed by atoms with Gasteiger partial charge in [-0.3, -0.25) is 9.59 Å². The molecule has 1 saturated carbocycles. The number of hydrogen-bond donors (Lipinski definition) is 1. The second kappa shape index (κ2) is 7.47. The van der Waals surface area contributed by atoms with Crippen LogP contribution in [0.3, 0.4) is 0 Å². The lowest BCUT2D eigenvalue weighted by Gasteiger charge is -2.37. The van der Waals surface area contributed by atoms with E-state index in [4.69, 9.17) is 0 Å². The van der Waals surface area contributed by atoms with E-state index in [1.165, 1.54) is 30.6 Å². The molecule has 3 unspecified atom stereocenters. The molecule has 5 heteroatoms. The van der Waals surface area contributed by atoms with Crippen LogP contribution in [0, 0.1) is 5.92 Å². The predicted octanol–water partition coefficient (Wildman–Crippen LogP) is 3.44. The van der Waals surface area contributed by atoms with Gasteiger partial charge in [0.1, 0.15) is 6.04 Å². The first kappa shape index (κ1) is 16.5. The minimum atomic E-state index is -0.299. The molecule has 4 nitrogen and oxygen atoms in total. The fourth-order valence-electron chi connectivity index (χ4n) is 3.80. The largest absolute Gasteiger partial charge is 0.351 e. The maximum atomic E-state index is 12.8. The molecule has 2 fully saturated rings. The van der Waals surface area contributed by atoms with Gasteiger partial charge in [-0.2, -0.15) is 0 Å². The Balaban J connectivity index is 1.68. The van der Waals surface area contributed by atoms with E-state index in [2.05, 4.69) is 12.2 Å². The Morgan fingerprint density at radius 3 is 2.70 bits per heavy atom. The van der Waals surface area contributed by atoms with Gasteiger partial charge in [0.15, 0.2) is 0 Å². The average Bonchev–Trinajstić information content (AvgIpc) is 3.11. The Morgan fingerprint density at radius 1 is 1.17 bits per heavy atom. The quantitative estimate of drug-likeness (QED) is 0.920. The van der Waals surface area contributed by atoms with E-state index in [1.54, 1.807) is 4.90 Å². The van der Waals surface area contributed by atoms with E-state index in [-0.39, 0.29) is 23.9 Å². The van der Waals surface area contributed by atoms with E-state index < -0.39 is 0 Å². The zero-order chi connectivity index (χ0) is 16.2. The monoisotopic (exact) mass is 334 g/mol. The second-order valence-electron chi connectivity index (χ2n) is 6.86. The second-order valence-corrected chi connectivity index (χ2v) is 7.81. The van der Waals surface area contributed by atoms with Crippen LogP contribution in [0.1, 0.15) is 61.5 Å². The minimum absolute atomic E-state index is 0.0107. The third-order valence-corrected chi connectivity index (χ3v) is 6.10. The summed E-state index contributed by atoms with van der Waals surface area (Å²) in [5.74, 6) is 0.600. The lowest BCUT2D eigenvalue weighted by atomic mass is 9.85. The van der Waals surface area contributed by atoms with E-state index in [1.807, 2.05) is 17.5 Å². The Morgan fingerprint density at radius 2 is 1.96 bits per heavy atom. The molecule has 1 aromatic heterocycles. The number of thiophene rings is 1. The average molecular weight is 334 g/mol. The molecule has 1 aliphatic heterocycles. The van der Waals surface area contributed by atoms with Crippen molar-refractivity contribution in [1.82, 2.24) is 10.2 Å². The summed E-state index contributed by atoms with van der Waals surface area (Å²) >= 11 is 1.45. The van der Waals surface area contributed by atoms with Crippen LogP contribution >= 0.6 is 11.3 Å². The first-order chi connectivity index (χ1) is 11.2. The van der Waals surface area contributed by atoms with Crippen LogP contribution in [0.4, 0.5) is 0 Å². The molecule has 2 aliphatic rings. The molecule has 1 saturated heterocycles. The zero-order valence-electron chi connectivity index (χ0n) is 13.8. The van der Waals surface area contributed by atoms with Crippen LogP contribution in [0.2, 0.25) is 0 Å². The molecular weight excluding hydrogens is 308 g/mol. The Hall–Kier alpha value is -1.36. The molecule has 3 atom stereocenters. The molecule has 1 aromatic rings. The Labute approximate surface area is 142 Å². The van der Waals surface area contributed by atoms with E-state index in [0.29, 0.717) is 12.5 Å². The van der Waals surface area contributed by atoms with Gasteiger partial charge in [0.25, 0.3) is 5.91 Å². The number of carbonyl (C=O) groups is 2. The van der Waals surface area contributed by atoms with E-state index in [0.717, 1.165) is 30.6 Å². The van der Waals surface area contributed by atoms with Crippen LogP contribution < -0.4 is 5.32 Å². The topological polar surface area (TPSA) is 49.4 Å². The van der Waals surface area contributed by atoms with Crippen molar-refractivity contribution in [3.8, 4) is 0 Å². The highest BCUT2D eigenvalue weighted by atomic mass is 32.1. The highest BCUT2D eigenvalue weighted by molar-refractivity contribution is 7.12. The molecule has 126 valence electrons. The van der Waals surface area contributed by atoms with Crippen LogP contribution in [-0.2, 0) is 4.79 Å². The molecule has 0 aromatic carbocycles. The molecule has 0 bridgehead atoms. The van der Waals surface area contributed by atoms with Crippen LogP contribution in [0.25, 0.3) is 0 Å². The summed E-state index contributed by atoms with van der Waals surface area (Å²) in [6.45, 7) is 2.91. The fraction of sp³-hybridized carbons (Fsp3) is 0.667. The first-order valence-corrected chi connectivity index (χ1v) is 9.69. The normalized spacial score (nSPS) is 28.4. The molecule has 3 rings (SSSR count). The fourth-order valence-corrected chi connectivity index (χ4v) is 4.48. The Kier molecular flexibility index (Phi) is 5.36. The summed E-state index contributed by atoms with van der Waals surface area (Å²) in [4.78, 5) is 28.0. The smallest absolute Gasteiger partial charge is 0.264 e. The number of likely N-dealkylation sites (tertiary alicyclic amines) is 1. The molecule has 0 radical (unpaired) electrons. The first-order valence-electron chi connectivity index (χ1n) is 8.81. The summed E-state index contributed by atoms with van der Waals surface area (Å²) < 4.78 is 0. The molecule has 2 amide bonds. The number of carbonyl (C=O) groups excluding carboxylic acids is 2. The number of hydrogen-bond acceptors (Lipinski definition) is 3. The van der Waals surface area contributed by atoms with Gasteiger partial charge in [0.05, 0.1) is 4.88 Å². The van der Waals surface area contributed by atoms with Crippen LogP contribution in [0.5, 0.6) is 0 Å². The summed E-state index contributed by atoms with van der Waals surface area (Å²) in [6, 6.07) is 3.71. The van der Waals surface area contributed by atoms with Crippen molar-refractivity contribution in [2.45, 2.75) is 64.0 Å². The lowest BCUT2D eigenvalue weighted by molar-refractivity contribution is -0.128. The summed E-state index contributed by atoms with van der Waals surface area (Å²) in [5.41, 5.74) is 0. The number of piperidine rings is 1. The van der Waals surface area contributed by atoms with E-state index >= 15 is 0 Å². The van der Waals surface area contributed by atoms with E-state index in [9.17, 15) is 9.59 Å². The summed E-state index contributed by atoms with van der Waals surface area (Å²) in [5, 5.41) is 5.15. The highest BCUT2D eigenvalue weighted by Gasteiger charge is 2.34. The van der Waals surface area contributed by atoms with Crippen molar-refractivity contribution < 1.29 is 9.59 Å². The lowest BCUT2D eigenvalue weighted by Crippen LogP contribution is -2.54. The van der Waals surface area contributed by atoms with Crippen molar-refractivity contribution >= 4 is 23.2 Å². The van der Waals surface area contributed by atoms with Gasteiger partial charge in [-0.25, -0.2) is 0 Å². The molecule has 1 N–H and O–H groups in total. The summed E-state index contributed by atoms with van der Waals surface area (Å²) in [7, 11) is 0. The third-order valence-electron chi connectivity index (χ3n) is 5.24. The standard InChI is InChI=1S/C18H26N2O2S/c1-13-7-2-3-8-14(13)19-17(21)15-9-4-5-11-20(15)18(22)16-10-6-12-23-16/h6,10,12-15H,2-5,7-9,11H2,1H3,(H,19,21). The predicted molar refractivity (Wildman–Crippen MR) is 92.6 cm³/mol. The van der Waals surface area contributed by atoms with Gasteiger partial charge in [0.2, 0.25) is 5.91 Å². The molecule has 0 spiro atoms. The van der Waals surface area contributed by atoms with Crippen molar-refractivity contribution in [2.75, 3.05) is 6.54 Å². The molecule has 23 heavy (non-hydrogen) atoms. The molecule has 2 heterocycles. The van der Waals surface area contributed by atoms with Crippen molar-refractivity contribution in [3.05, 3.63) is 22.4 Å². The number of nitrogens with zero attached hydrogens (tertiary/aromatic N) is 1. The van der Waals surface area contributed by atoms with Gasteiger partial charge in [0, 0.05) is 12.6 Å². The van der Waals surface area contributed by atoms with Crippen molar-refractivity contribution in [2.24, 2.45) is 5.92 Å². The summed E-state index contributed by atoms with van der Waals surface area (Å²) in [6.07, 6.45) is 7.50. The Bertz CT molecular complexity index is 543. The maximum absolute atomic E-state index is 12.8. The van der Waals surface area contributed by atoms with Gasteiger partial charge in [-0.1, -0.05) is 25.8 Å². The van der Waals surface area contributed by atoms with Crippen molar-refractivity contribution in [1.29, 1.82) is 0 Å². The highest BCUT2D eigenvalue weighted by Crippen LogP contribution is 2.26. The van der Waals surface area contributed by atoms with Gasteiger partial charge in [-0.15, -0.1) is 11.3 Å². The molecule has 1 aliphatic carbocycles. The third kappa shape index (κ3) is 3.77. The van der Waals surface area contributed by atoms with Gasteiger partial charge >= 0.3 is 0 Å².